The van der Waals surface area contributed by atoms with Gasteiger partial charge in [0.1, 0.15) is 11.8 Å². The summed E-state index contributed by atoms with van der Waals surface area (Å²) in [4.78, 5) is 27.2. The summed E-state index contributed by atoms with van der Waals surface area (Å²) in [6.07, 6.45) is 0.800. The van der Waals surface area contributed by atoms with Crippen LogP contribution in [-0.4, -0.2) is 35.4 Å². The molecule has 8 heteroatoms. The summed E-state index contributed by atoms with van der Waals surface area (Å²) in [5.41, 5.74) is 0.859. The van der Waals surface area contributed by atoms with Crippen molar-refractivity contribution in [1.82, 2.24) is 10.2 Å². The van der Waals surface area contributed by atoms with Crippen LogP contribution < -0.4 is 10.1 Å². The Morgan fingerprint density at radius 3 is 2.40 bits per heavy atom. The highest BCUT2D eigenvalue weighted by atomic mass is 79.9. The van der Waals surface area contributed by atoms with Crippen LogP contribution in [0.2, 0.25) is 10.0 Å². The van der Waals surface area contributed by atoms with E-state index < -0.39 is 6.04 Å². The topological polar surface area (TPSA) is 58.6 Å². The van der Waals surface area contributed by atoms with Crippen molar-refractivity contribution in [2.75, 3.05) is 6.61 Å². The second-order valence-electron chi connectivity index (χ2n) is 7.01. The predicted molar refractivity (Wildman–Crippen MR) is 124 cm³/mol. The normalized spacial score (nSPS) is 12.7. The first-order valence-electron chi connectivity index (χ1n) is 9.63. The average molecular weight is 516 g/mol. The predicted octanol–water partition coefficient (Wildman–Crippen LogP) is 5.47. The number of rotatable bonds is 9. The maximum Gasteiger partial charge on any atom is 0.261 e. The van der Waals surface area contributed by atoms with Crippen molar-refractivity contribution in [2.45, 2.75) is 45.8 Å². The van der Waals surface area contributed by atoms with E-state index in [4.69, 9.17) is 27.9 Å². The Balaban J connectivity index is 2.16. The number of benzene rings is 2. The largest absolute Gasteiger partial charge is 0.482 e. The second-order valence-corrected chi connectivity index (χ2v) is 8.76. The molecule has 0 unspecified atom stereocenters. The molecule has 0 heterocycles. The highest BCUT2D eigenvalue weighted by Gasteiger charge is 2.27. The van der Waals surface area contributed by atoms with Gasteiger partial charge in [-0.15, -0.1) is 0 Å². The number of hydrogen-bond donors (Lipinski definition) is 1. The molecule has 0 aromatic heterocycles. The zero-order chi connectivity index (χ0) is 22.3. The van der Waals surface area contributed by atoms with Crippen LogP contribution in [0.1, 0.15) is 32.8 Å². The number of amides is 2. The molecule has 30 heavy (non-hydrogen) atoms. The van der Waals surface area contributed by atoms with Gasteiger partial charge in [0.05, 0.1) is 5.02 Å². The minimum atomic E-state index is -0.675. The quantitative estimate of drug-likeness (QED) is 0.482. The molecule has 2 aromatic rings. The van der Waals surface area contributed by atoms with Crippen LogP contribution >= 0.6 is 39.1 Å². The van der Waals surface area contributed by atoms with E-state index in [2.05, 4.69) is 21.2 Å². The molecule has 2 rings (SSSR count). The number of hydrogen-bond acceptors (Lipinski definition) is 3. The van der Waals surface area contributed by atoms with E-state index in [1.807, 2.05) is 26.0 Å². The van der Waals surface area contributed by atoms with Gasteiger partial charge in [-0.25, -0.2) is 0 Å². The maximum atomic E-state index is 13.0. The number of halogens is 3. The van der Waals surface area contributed by atoms with E-state index >= 15 is 0 Å². The summed E-state index contributed by atoms with van der Waals surface area (Å²) in [5, 5.41) is 3.92. The standard InChI is InChI=1S/C22H25BrCl2N2O3/c1-4-14(2)26-22(29)15(3)27(12-16-5-8-18(24)9-6-16)21(28)13-30-20-10-7-17(23)11-19(20)25/h5-11,14-15H,4,12-13H2,1-3H3,(H,26,29)/t14-,15+/m1/s1. The van der Waals surface area contributed by atoms with E-state index in [9.17, 15) is 9.59 Å². The third kappa shape index (κ3) is 7.18. The molecule has 2 amide bonds. The third-order valence-corrected chi connectivity index (χ3v) is 5.72. The van der Waals surface area contributed by atoms with Crippen molar-refractivity contribution < 1.29 is 14.3 Å². The minimum Gasteiger partial charge on any atom is -0.482 e. The number of ether oxygens (including phenoxy) is 1. The first-order chi connectivity index (χ1) is 14.2. The van der Waals surface area contributed by atoms with Crippen LogP contribution in [0.15, 0.2) is 46.9 Å². The minimum absolute atomic E-state index is 0.0188. The smallest absolute Gasteiger partial charge is 0.261 e. The summed E-state index contributed by atoms with van der Waals surface area (Å²) in [6, 6.07) is 11.7. The first kappa shape index (κ1) is 24.5. The van der Waals surface area contributed by atoms with E-state index in [1.165, 1.54) is 4.90 Å². The summed E-state index contributed by atoms with van der Waals surface area (Å²) in [5.74, 6) is -0.138. The van der Waals surface area contributed by atoms with Crippen LogP contribution in [0, 0.1) is 0 Å². The molecule has 0 saturated heterocycles. The van der Waals surface area contributed by atoms with Crippen LogP contribution in [0.4, 0.5) is 0 Å². The van der Waals surface area contributed by atoms with E-state index in [1.54, 1.807) is 37.3 Å². The zero-order valence-corrected chi connectivity index (χ0v) is 20.2. The fourth-order valence-corrected chi connectivity index (χ4v) is 3.50. The fraction of sp³-hybridized carbons (Fsp3) is 0.364. The van der Waals surface area contributed by atoms with Crippen molar-refractivity contribution >= 4 is 50.9 Å². The van der Waals surface area contributed by atoms with Gasteiger partial charge in [0, 0.05) is 22.1 Å². The number of nitrogens with zero attached hydrogens (tertiary/aromatic N) is 1. The Labute approximate surface area is 195 Å². The van der Waals surface area contributed by atoms with E-state index in [0.717, 1.165) is 16.5 Å². The van der Waals surface area contributed by atoms with E-state index in [0.29, 0.717) is 15.8 Å². The summed E-state index contributed by atoms with van der Waals surface area (Å²) < 4.78 is 6.44. The Hall–Kier alpha value is -1.76. The lowest BCUT2D eigenvalue weighted by Gasteiger charge is -2.29. The van der Waals surface area contributed by atoms with Gasteiger partial charge in [0.15, 0.2) is 6.61 Å². The van der Waals surface area contributed by atoms with Gasteiger partial charge < -0.3 is 15.0 Å². The van der Waals surface area contributed by atoms with Gasteiger partial charge in [-0.1, -0.05) is 58.2 Å². The molecule has 0 aliphatic rings. The molecule has 2 aromatic carbocycles. The van der Waals surface area contributed by atoms with Gasteiger partial charge in [0.25, 0.3) is 5.91 Å². The monoisotopic (exact) mass is 514 g/mol. The Bertz CT molecular complexity index is 877. The van der Waals surface area contributed by atoms with Crippen molar-refractivity contribution in [3.63, 3.8) is 0 Å². The Kier molecular flexibility index (Phi) is 9.46. The molecular formula is C22H25BrCl2N2O3. The molecule has 0 spiro atoms. The van der Waals surface area contributed by atoms with E-state index in [-0.39, 0.29) is 31.0 Å². The van der Waals surface area contributed by atoms with Crippen molar-refractivity contribution in [3.8, 4) is 5.75 Å². The van der Waals surface area contributed by atoms with Crippen molar-refractivity contribution in [1.29, 1.82) is 0 Å². The maximum absolute atomic E-state index is 13.0. The van der Waals surface area contributed by atoms with Crippen molar-refractivity contribution in [2.24, 2.45) is 0 Å². The lowest BCUT2D eigenvalue weighted by molar-refractivity contribution is -0.142. The summed E-state index contributed by atoms with van der Waals surface area (Å²) in [7, 11) is 0. The molecule has 1 N–H and O–H groups in total. The van der Waals surface area contributed by atoms with Gasteiger partial charge in [-0.3, -0.25) is 9.59 Å². The van der Waals surface area contributed by atoms with Gasteiger partial charge in [-0.2, -0.15) is 0 Å². The van der Waals surface area contributed by atoms with Crippen LogP contribution in [0.3, 0.4) is 0 Å². The highest BCUT2D eigenvalue weighted by molar-refractivity contribution is 9.10. The summed E-state index contributed by atoms with van der Waals surface area (Å²) >= 11 is 15.5. The lowest BCUT2D eigenvalue weighted by Crippen LogP contribution is -2.50. The highest BCUT2D eigenvalue weighted by Crippen LogP contribution is 2.27. The van der Waals surface area contributed by atoms with Crippen molar-refractivity contribution in [3.05, 3.63) is 62.5 Å². The molecule has 5 nitrogen and oxygen atoms in total. The number of carbonyl (C=O) groups excluding carboxylic acids is 2. The Morgan fingerprint density at radius 2 is 1.80 bits per heavy atom. The van der Waals surface area contributed by atoms with Gasteiger partial charge in [-0.05, 0) is 56.2 Å². The molecule has 0 radical (unpaired) electrons. The van der Waals surface area contributed by atoms with Crippen LogP contribution in [0.5, 0.6) is 5.75 Å². The number of nitrogens with one attached hydrogen (secondary N) is 1. The average Bonchev–Trinajstić information content (AvgIpc) is 2.71. The lowest BCUT2D eigenvalue weighted by atomic mass is 10.1. The first-order valence-corrected chi connectivity index (χ1v) is 11.2. The summed E-state index contributed by atoms with van der Waals surface area (Å²) in [6.45, 7) is 5.63. The molecule has 162 valence electrons. The van der Waals surface area contributed by atoms with Gasteiger partial charge in [0.2, 0.25) is 5.91 Å². The molecule has 0 fully saturated rings. The molecule has 0 saturated carbocycles. The SMILES string of the molecule is CC[C@@H](C)NC(=O)[C@H](C)N(Cc1ccc(Cl)cc1)C(=O)COc1ccc(Br)cc1Cl. The van der Waals surface area contributed by atoms with Crippen LogP contribution in [-0.2, 0) is 16.1 Å². The molecular weight excluding hydrogens is 491 g/mol. The molecule has 2 atom stereocenters. The second kappa shape index (κ2) is 11.6. The molecule has 0 aliphatic carbocycles. The van der Waals surface area contributed by atoms with Crippen LogP contribution in [0.25, 0.3) is 0 Å². The Morgan fingerprint density at radius 1 is 1.13 bits per heavy atom. The number of carbonyl (C=O) groups is 2. The molecule has 0 bridgehead atoms. The third-order valence-electron chi connectivity index (χ3n) is 4.68. The fourth-order valence-electron chi connectivity index (χ4n) is 2.65. The van der Waals surface area contributed by atoms with Gasteiger partial charge >= 0.3 is 0 Å². The molecule has 0 aliphatic heterocycles. The zero-order valence-electron chi connectivity index (χ0n) is 17.1.